The normalized spacial score (nSPS) is 34.5. The van der Waals surface area contributed by atoms with Crippen molar-refractivity contribution in [3.63, 3.8) is 0 Å². The molecule has 4 heteroatoms. The van der Waals surface area contributed by atoms with Crippen molar-refractivity contribution in [2.45, 2.75) is 30.8 Å². The minimum atomic E-state index is -0.613. The lowest BCUT2D eigenvalue weighted by molar-refractivity contribution is -0.132. The number of nitrogens with one attached hydrogen (secondary N) is 2. The number of carbonyl (C=O) groups is 1. The molecule has 2 heterocycles. The fraction of sp³-hybridized carbons (Fsp3) is 0.533. The number of piperidine rings is 2. The van der Waals surface area contributed by atoms with E-state index in [9.17, 15) is 9.90 Å². The molecule has 2 saturated heterocycles. The predicted octanol–water partition coefficient (Wildman–Crippen LogP) is 0.762. The van der Waals surface area contributed by atoms with Gasteiger partial charge in [-0.1, -0.05) is 30.3 Å². The molecule has 0 spiro atoms. The molecule has 2 fully saturated rings. The van der Waals surface area contributed by atoms with Crippen molar-refractivity contribution in [3.05, 3.63) is 35.9 Å². The van der Waals surface area contributed by atoms with Crippen LogP contribution in [-0.4, -0.2) is 30.2 Å². The van der Waals surface area contributed by atoms with Gasteiger partial charge in [-0.05, 0) is 37.3 Å². The Morgan fingerprint density at radius 1 is 1.32 bits per heavy atom. The summed E-state index contributed by atoms with van der Waals surface area (Å²) in [7, 11) is 0. The molecule has 0 aromatic heterocycles. The molecule has 3 rings (SSSR count). The fourth-order valence-corrected chi connectivity index (χ4v) is 3.44. The lowest BCUT2D eigenvalue weighted by atomic mass is 9.73. The summed E-state index contributed by atoms with van der Waals surface area (Å²) in [6.45, 7) is 0.859. The Labute approximate surface area is 113 Å². The molecule has 0 saturated carbocycles. The van der Waals surface area contributed by atoms with Crippen molar-refractivity contribution in [1.29, 1.82) is 0 Å². The molecular weight excluding hydrogens is 240 g/mol. The fourth-order valence-electron chi connectivity index (χ4n) is 3.44. The zero-order valence-electron chi connectivity index (χ0n) is 10.9. The van der Waals surface area contributed by atoms with Crippen LogP contribution < -0.4 is 10.6 Å². The molecule has 3 atom stereocenters. The zero-order valence-corrected chi connectivity index (χ0v) is 10.9. The smallest absolute Gasteiger partial charge is 0.238 e. The maximum absolute atomic E-state index is 12.3. The Kier molecular flexibility index (Phi) is 3.29. The third kappa shape index (κ3) is 2.15. The van der Waals surface area contributed by atoms with E-state index in [1.807, 2.05) is 30.3 Å². The van der Waals surface area contributed by atoms with Crippen molar-refractivity contribution in [3.8, 4) is 0 Å². The molecule has 0 bridgehead atoms. The van der Waals surface area contributed by atoms with E-state index in [1.54, 1.807) is 0 Å². The number of carbonyl (C=O) groups excluding carboxylic acids is 1. The highest BCUT2D eigenvalue weighted by molar-refractivity contribution is 5.84. The average Bonchev–Trinajstić information content (AvgIpc) is 2.48. The van der Waals surface area contributed by atoms with Gasteiger partial charge in [-0.2, -0.15) is 0 Å². The van der Waals surface area contributed by atoms with Crippen molar-refractivity contribution in [2.75, 3.05) is 13.2 Å². The number of rotatable bonds is 2. The third-order valence-electron chi connectivity index (χ3n) is 4.44. The number of fused-ring (bicyclic) bond motifs is 1. The average molecular weight is 260 g/mol. The van der Waals surface area contributed by atoms with Gasteiger partial charge in [0.25, 0.3) is 0 Å². The third-order valence-corrected chi connectivity index (χ3v) is 4.44. The first-order valence-corrected chi connectivity index (χ1v) is 6.97. The van der Waals surface area contributed by atoms with Crippen LogP contribution in [0.4, 0.5) is 0 Å². The Balaban J connectivity index is 1.92. The van der Waals surface area contributed by atoms with Gasteiger partial charge < -0.3 is 15.7 Å². The molecule has 19 heavy (non-hydrogen) atoms. The number of hydrogen-bond acceptors (Lipinski definition) is 3. The van der Waals surface area contributed by atoms with Crippen LogP contribution in [0.25, 0.3) is 0 Å². The van der Waals surface area contributed by atoms with Gasteiger partial charge in [-0.15, -0.1) is 0 Å². The lowest BCUT2D eigenvalue weighted by Gasteiger charge is -2.46. The summed E-state index contributed by atoms with van der Waals surface area (Å²) in [5, 5.41) is 16.2. The van der Waals surface area contributed by atoms with Crippen LogP contribution in [0, 0.1) is 5.92 Å². The molecule has 0 aliphatic carbocycles. The second-order valence-corrected chi connectivity index (χ2v) is 5.63. The maximum Gasteiger partial charge on any atom is 0.238 e. The van der Waals surface area contributed by atoms with Gasteiger partial charge in [0.1, 0.15) is 0 Å². The van der Waals surface area contributed by atoms with E-state index in [-0.39, 0.29) is 18.6 Å². The van der Waals surface area contributed by atoms with Crippen molar-refractivity contribution in [2.24, 2.45) is 5.92 Å². The molecular formula is C15H20N2O2. The molecule has 1 aromatic carbocycles. The zero-order chi connectivity index (χ0) is 13.3. The highest BCUT2D eigenvalue weighted by Gasteiger charge is 2.46. The largest absolute Gasteiger partial charge is 0.394 e. The highest BCUT2D eigenvalue weighted by Crippen LogP contribution is 2.37. The van der Waals surface area contributed by atoms with Gasteiger partial charge in [-0.25, -0.2) is 0 Å². The molecule has 102 valence electrons. The van der Waals surface area contributed by atoms with Crippen molar-refractivity contribution >= 4 is 5.91 Å². The topological polar surface area (TPSA) is 61.4 Å². The molecule has 1 aromatic rings. The van der Waals surface area contributed by atoms with Gasteiger partial charge in [0, 0.05) is 0 Å². The number of hydrogen-bond donors (Lipinski definition) is 3. The quantitative estimate of drug-likeness (QED) is 0.736. The van der Waals surface area contributed by atoms with Crippen LogP contribution in [-0.2, 0) is 10.3 Å². The van der Waals surface area contributed by atoms with Gasteiger partial charge in [-0.3, -0.25) is 4.79 Å². The monoisotopic (exact) mass is 260 g/mol. The molecule has 2 aliphatic rings. The van der Waals surface area contributed by atoms with Crippen LogP contribution >= 0.6 is 0 Å². The van der Waals surface area contributed by atoms with E-state index in [0.717, 1.165) is 31.4 Å². The van der Waals surface area contributed by atoms with E-state index in [4.69, 9.17) is 0 Å². The number of amides is 1. The molecule has 0 unspecified atom stereocenters. The molecule has 0 radical (unpaired) electrons. The summed E-state index contributed by atoms with van der Waals surface area (Å²) in [6.07, 6.45) is 2.96. The Hall–Kier alpha value is -1.39. The molecule has 1 amide bonds. The second kappa shape index (κ2) is 4.94. The van der Waals surface area contributed by atoms with E-state index >= 15 is 0 Å². The first-order chi connectivity index (χ1) is 9.25. The summed E-state index contributed by atoms with van der Waals surface area (Å²) in [6, 6.07) is 9.72. The van der Waals surface area contributed by atoms with Crippen LogP contribution in [0.2, 0.25) is 0 Å². The molecule has 3 N–H and O–H groups in total. The van der Waals surface area contributed by atoms with Gasteiger partial charge >= 0.3 is 0 Å². The number of benzene rings is 1. The Morgan fingerprint density at radius 2 is 2.11 bits per heavy atom. The minimum Gasteiger partial charge on any atom is -0.394 e. The lowest BCUT2D eigenvalue weighted by Crippen LogP contribution is -2.64. The van der Waals surface area contributed by atoms with Gasteiger partial charge in [0.2, 0.25) is 5.91 Å². The molecule has 2 aliphatic heterocycles. The minimum absolute atomic E-state index is 0.0221. The summed E-state index contributed by atoms with van der Waals surface area (Å²) >= 11 is 0. The van der Waals surface area contributed by atoms with Crippen LogP contribution in [0.1, 0.15) is 24.8 Å². The molecule has 4 nitrogen and oxygen atoms in total. The summed E-state index contributed by atoms with van der Waals surface area (Å²) in [4.78, 5) is 12.3. The van der Waals surface area contributed by atoms with Gasteiger partial charge in [0.15, 0.2) is 0 Å². The summed E-state index contributed by atoms with van der Waals surface area (Å²) in [5.41, 5.74) is 0.383. The summed E-state index contributed by atoms with van der Waals surface area (Å²) in [5.74, 6) is 0.337. The van der Waals surface area contributed by atoms with E-state index in [0.29, 0.717) is 5.92 Å². The summed E-state index contributed by atoms with van der Waals surface area (Å²) < 4.78 is 0. The van der Waals surface area contributed by atoms with E-state index < -0.39 is 5.54 Å². The Morgan fingerprint density at radius 3 is 2.84 bits per heavy atom. The first kappa shape index (κ1) is 12.6. The predicted molar refractivity (Wildman–Crippen MR) is 72.5 cm³/mol. The number of aliphatic hydroxyl groups is 1. The highest BCUT2D eigenvalue weighted by atomic mass is 16.3. The van der Waals surface area contributed by atoms with Crippen molar-refractivity contribution in [1.82, 2.24) is 10.6 Å². The number of aliphatic hydroxyl groups excluding tert-OH is 1. The van der Waals surface area contributed by atoms with E-state index in [2.05, 4.69) is 10.6 Å². The SMILES string of the molecule is O=C1N[C@](CO)(c2ccccc2)C[C@H]2CCCN[C@@H]12. The maximum atomic E-state index is 12.3. The Bertz CT molecular complexity index is 462. The van der Waals surface area contributed by atoms with Gasteiger partial charge in [0.05, 0.1) is 18.2 Å². The van der Waals surface area contributed by atoms with Crippen molar-refractivity contribution < 1.29 is 9.90 Å². The standard InChI is InChI=1S/C15H20N2O2/c18-10-15(12-6-2-1-3-7-12)9-11-5-4-8-16-13(11)14(19)17-15/h1-3,6-7,11,13,16,18H,4-5,8-10H2,(H,17,19)/t11-,13-,15-/m1/s1. The van der Waals surface area contributed by atoms with Crippen LogP contribution in [0.3, 0.4) is 0 Å². The van der Waals surface area contributed by atoms with Crippen LogP contribution in [0.15, 0.2) is 30.3 Å². The second-order valence-electron chi connectivity index (χ2n) is 5.63. The first-order valence-electron chi connectivity index (χ1n) is 6.97. The van der Waals surface area contributed by atoms with E-state index in [1.165, 1.54) is 0 Å². The van der Waals surface area contributed by atoms with Crippen LogP contribution in [0.5, 0.6) is 0 Å².